The summed E-state index contributed by atoms with van der Waals surface area (Å²) < 4.78 is 0. The number of carboxylic acids is 1. The molecule has 2 amide bonds. The largest absolute Gasteiger partial charge is 0.481 e. The van der Waals surface area contributed by atoms with Gasteiger partial charge in [-0.1, -0.05) is 19.1 Å². The molecular weight excluding hydrogens is 258 g/mol. The summed E-state index contributed by atoms with van der Waals surface area (Å²) >= 11 is 0. The van der Waals surface area contributed by atoms with Crippen LogP contribution in [0.1, 0.15) is 24.5 Å². The Balaban J connectivity index is 2.26. The topological polar surface area (TPSA) is 102 Å². The van der Waals surface area contributed by atoms with E-state index >= 15 is 0 Å². The Morgan fingerprint density at radius 1 is 1.30 bits per heavy atom. The zero-order valence-electron chi connectivity index (χ0n) is 11.2. The molecule has 6 heteroatoms. The van der Waals surface area contributed by atoms with Crippen molar-refractivity contribution >= 4 is 12.0 Å². The highest BCUT2D eigenvalue weighted by atomic mass is 16.4. The summed E-state index contributed by atoms with van der Waals surface area (Å²) in [5.74, 6) is -1.35. The number of hydrogen-bond donors (Lipinski definition) is 3. The molecule has 1 aromatic rings. The van der Waals surface area contributed by atoms with Crippen LogP contribution < -0.4 is 10.6 Å². The molecule has 0 spiro atoms. The van der Waals surface area contributed by atoms with Crippen LogP contribution >= 0.6 is 0 Å². The van der Waals surface area contributed by atoms with Crippen molar-refractivity contribution in [1.82, 2.24) is 10.6 Å². The Morgan fingerprint density at radius 2 is 1.95 bits per heavy atom. The third-order valence-electron chi connectivity index (χ3n) is 2.82. The van der Waals surface area contributed by atoms with E-state index in [1.807, 2.05) is 6.07 Å². The first kappa shape index (κ1) is 15.5. The van der Waals surface area contributed by atoms with Crippen LogP contribution in [0.25, 0.3) is 0 Å². The summed E-state index contributed by atoms with van der Waals surface area (Å²) in [4.78, 5) is 22.1. The van der Waals surface area contributed by atoms with E-state index in [-0.39, 0.29) is 6.03 Å². The maximum Gasteiger partial charge on any atom is 0.315 e. The molecule has 0 aliphatic rings. The fraction of sp³-hybridized carbons (Fsp3) is 0.357. The van der Waals surface area contributed by atoms with Crippen LogP contribution in [0.2, 0.25) is 0 Å². The van der Waals surface area contributed by atoms with Crippen LogP contribution in [0, 0.1) is 17.2 Å². The fourth-order valence-electron chi connectivity index (χ4n) is 1.47. The van der Waals surface area contributed by atoms with Crippen molar-refractivity contribution in [3.8, 4) is 6.07 Å². The average molecular weight is 275 g/mol. The van der Waals surface area contributed by atoms with Gasteiger partial charge >= 0.3 is 12.0 Å². The second-order valence-electron chi connectivity index (χ2n) is 4.45. The normalized spacial score (nSPS) is 11.2. The van der Waals surface area contributed by atoms with E-state index in [2.05, 4.69) is 10.6 Å². The summed E-state index contributed by atoms with van der Waals surface area (Å²) in [7, 11) is 0. The lowest BCUT2D eigenvalue weighted by molar-refractivity contribution is -0.141. The van der Waals surface area contributed by atoms with Crippen molar-refractivity contribution in [1.29, 1.82) is 5.26 Å². The van der Waals surface area contributed by atoms with Crippen LogP contribution in [0.4, 0.5) is 4.79 Å². The van der Waals surface area contributed by atoms with Crippen LogP contribution in [0.3, 0.4) is 0 Å². The number of carbonyl (C=O) groups is 2. The van der Waals surface area contributed by atoms with Crippen molar-refractivity contribution in [2.24, 2.45) is 5.92 Å². The Labute approximate surface area is 117 Å². The molecule has 0 aromatic heterocycles. The van der Waals surface area contributed by atoms with E-state index in [4.69, 9.17) is 10.4 Å². The van der Waals surface area contributed by atoms with Gasteiger partial charge in [0.2, 0.25) is 0 Å². The quantitative estimate of drug-likeness (QED) is 0.731. The smallest absolute Gasteiger partial charge is 0.315 e. The second-order valence-corrected chi connectivity index (χ2v) is 4.45. The van der Waals surface area contributed by atoms with Crippen LogP contribution in [0.5, 0.6) is 0 Å². The predicted molar refractivity (Wildman–Crippen MR) is 72.8 cm³/mol. The highest BCUT2D eigenvalue weighted by molar-refractivity contribution is 5.74. The van der Waals surface area contributed by atoms with E-state index in [0.29, 0.717) is 25.1 Å². The molecule has 0 aliphatic carbocycles. The maximum absolute atomic E-state index is 11.5. The summed E-state index contributed by atoms with van der Waals surface area (Å²) in [6.45, 7) is 2.26. The number of aliphatic carboxylic acids is 1. The number of urea groups is 1. The lowest BCUT2D eigenvalue weighted by Crippen LogP contribution is -2.36. The van der Waals surface area contributed by atoms with Gasteiger partial charge < -0.3 is 15.7 Å². The second kappa shape index (κ2) is 7.79. The molecule has 20 heavy (non-hydrogen) atoms. The number of amides is 2. The summed E-state index contributed by atoms with van der Waals surface area (Å²) in [5, 5.41) is 22.6. The molecule has 0 fully saturated rings. The van der Waals surface area contributed by atoms with Gasteiger partial charge in [0.1, 0.15) is 0 Å². The zero-order chi connectivity index (χ0) is 15.0. The molecule has 0 heterocycles. The Kier molecular flexibility index (Phi) is 6.04. The zero-order valence-corrected chi connectivity index (χ0v) is 11.2. The Morgan fingerprint density at radius 3 is 2.50 bits per heavy atom. The lowest BCUT2D eigenvalue weighted by Gasteiger charge is -2.09. The van der Waals surface area contributed by atoms with E-state index < -0.39 is 11.9 Å². The molecular formula is C14H17N3O3. The molecule has 0 radical (unpaired) electrons. The summed E-state index contributed by atoms with van der Waals surface area (Å²) in [6, 6.07) is 8.58. The van der Waals surface area contributed by atoms with Crippen LogP contribution in [0.15, 0.2) is 24.3 Å². The fourth-order valence-corrected chi connectivity index (χ4v) is 1.47. The number of carbonyl (C=O) groups excluding carboxylic acids is 1. The highest BCUT2D eigenvalue weighted by Crippen LogP contribution is 2.03. The average Bonchev–Trinajstić information content (AvgIpc) is 2.45. The van der Waals surface area contributed by atoms with E-state index in [9.17, 15) is 9.59 Å². The van der Waals surface area contributed by atoms with Gasteiger partial charge in [-0.2, -0.15) is 5.26 Å². The number of benzene rings is 1. The van der Waals surface area contributed by atoms with E-state index in [0.717, 1.165) is 5.56 Å². The van der Waals surface area contributed by atoms with E-state index in [1.165, 1.54) is 0 Å². The minimum absolute atomic E-state index is 0.312. The SMILES string of the molecule is CC(CCNC(=O)NCc1ccc(C#N)cc1)C(=O)O. The number of hydrogen-bond acceptors (Lipinski definition) is 3. The Bertz CT molecular complexity index is 505. The molecule has 0 saturated carbocycles. The molecule has 1 atom stereocenters. The van der Waals surface area contributed by atoms with Crippen molar-refractivity contribution in [2.75, 3.05) is 6.54 Å². The van der Waals surface area contributed by atoms with Gasteiger partial charge in [-0.3, -0.25) is 4.79 Å². The van der Waals surface area contributed by atoms with Crippen molar-refractivity contribution in [3.63, 3.8) is 0 Å². The molecule has 0 bridgehead atoms. The van der Waals surface area contributed by atoms with Crippen molar-refractivity contribution < 1.29 is 14.7 Å². The number of nitriles is 1. The molecule has 1 unspecified atom stereocenters. The summed E-state index contributed by atoms with van der Waals surface area (Å²) in [5.41, 5.74) is 1.46. The first-order chi connectivity index (χ1) is 9.52. The third kappa shape index (κ3) is 5.40. The third-order valence-corrected chi connectivity index (χ3v) is 2.82. The first-order valence-corrected chi connectivity index (χ1v) is 6.26. The Hall–Kier alpha value is -2.55. The summed E-state index contributed by atoms with van der Waals surface area (Å²) in [6.07, 6.45) is 0.389. The minimum atomic E-state index is -0.871. The molecule has 3 N–H and O–H groups in total. The monoisotopic (exact) mass is 275 g/mol. The number of nitrogens with one attached hydrogen (secondary N) is 2. The first-order valence-electron chi connectivity index (χ1n) is 6.26. The van der Waals surface area contributed by atoms with Gasteiger partial charge in [0.25, 0.3) is 0 Å². The van der Waals surface area contributed by atoms with Gasteiger partial charge in [-0.05, 0) is 24.1 Å². The predicted octanol–water partition coefficient (Wildman–Crippen LogP) is 1.47. The molecule has 1 aromatic carbocycles. The van der Waals surface area contributed by atoms with Gasteiger partial charge in [0.15, 0.2) is 0 Å². The lowest BCUT2D eigenvalue weighted by atomic mass is 10.1. The molecule has 1 rings (SSSR count). The van der Waals surface area contributed by atoms with Crippen molar-refractivity contribution in [2.45, 2.75) is 19.9 Å². The highest BCUT2D eigenvalue weighted by Gasteiger charge is 2.10. The minimum Gasteiger partial charge on any atom is -0.481 e. The number of carboxylic acid groups (broad SMARTS) is 1. The van der Waals surface area contributed by atoms with E-state index in [1.54, 1.807) is 31.2 Å². The maximum atomic E-state index is 11.5. The molecule has 6 nitrogen and oxygen atoms in total. The van der Waals surface area contributed by atoms with Gasteiger partial charge in [0.05, 0.1) is 17.6 Å². The molecule has 106 valence electrons. The van der Waals surface area contributed by atoms with Crippen LogP contribution in [-0.4, -0.2) is 23.7 Å². The number of rotatable bonds is 6. The number of nitrogens with zero attached hydrogens (tertiary/aromatic N) is 1. The van der Waals surface area contributed by atoms with Gasteiger partial charge in [-0.15, -0.1) is 0 Å². The standard InChI is InChI=1S/C14H17N3O3/c1-10(13(18)19)6-7-16-14(20)17-9-12-4-2-11(8-15)3-5-12/h2-5,10H,6-7,9H2,1H3,(H,18,19)(H2,16,17,20). The van der Waals surface area contributed by atoms with Crippen LogP contribution in [-0.2, 0) is 11.3 Å². The van der Waals surface area contributed by atoms with Gasteiger partial charge in [0, 0.05) is 13.1 Å². The molecule has 0 saturated heterocycles. The molecule has 0 aliphatic heterocycles. The van der Waals surface area contributed by atoms with Gasteiger partial charge in [-0.25, -0.2) is 4.79 Å². The van der Waals surface area contributed by atoms with Crippen molar-refractivity contribution in [3.05, 3.63) is 35.4 Å².